The molecule has 176 valence electrons. The van der Waals surface area contributed by atoms with Crippen LogP contribution in [0.4, 0.5) is 0 Å². The largest absolute Gasteiger partial charge is 0.334 e. The number of halogens is 2. The number of Topliss-reactive ketones (excluding diaryl/α,β-unsaturated/α-hetero) is 1. The summed E-state index contributed by atoms with van der Waals surface area (Å²) >= 11 is 12.8. The fourth-order valence-electron chi connectivity index (χ4n) is 5.45. The number of piperazine rings is 1. The van der Waals surface area contributed by atoms with Gasteiger partial charge < -0.3 is 4.90 Å². The van der Waals surface area contributed by atoms with Gasteiger partial charge in [-0.3, -0.25) is 14.5 Å². The lowest BCUT2D eigenvalue weighted by molar-refractivity contribution is -0.143. The molecule has 2 aliphatic rings. The van der Waals surface area contributed by atoms with Crippen molar-refractivity contribution in [2.45, 2.75) is 64.6 Å². The third kappa shape index (κ3) is 5.62. The molecule has 0 bridgehead atoms. The number of hydrogen-bond acceptors (Lipinski definition) is 3. The van der Waals surface area contributed by atoms with E-state index in [-0.39, 0.29) is 30.2 Å². The Morgan fingerprint density at radius 2 is 1.58 bits per heavy atom. The first-order valence-corrected chi connectivity index (χ1v) is 12.7. The highest BCUT2D eigenvalue weighted by Gasteiger charge is 2.37. The van der Waals surface area contributed by atoms with E-state index >= 15 is 0 Å². The Kier molecular flexibility index (Phi) is 7.78. The lowest BCUT2D eigenvalue weighted by Gasteiger charge is -2.45. The van der Waals surface area contributed by atoms with Crippen molar-refractivity contribution >= 4 is 34.9 Å². The van der Waals surface area contributed by atoms with Gasteiger partial charge in [0.2, 0.25) is 5.91 Å². The fraction of sp³-hybridized carbons (Fsp3) is 0.481. The summed E-state index contributed by atoms with van der Waals surface area (Å²) in [5, 5.41) is 1.20. The molecule has 2 atom stereocenters. The second-order valence-corrected chi connectivity index (χ2v) is 10.4. The maximum absolute atomic E-state index is 13.1. The number of amides is 1. The molecule has 2 aromatic carbocycles. The van der Waals surface area contributed by atoms with Crippen LogP contribution in [0.3, 0.4) is 0 Å². The molecule has 4 nitrogen and oxygen atoms in total. The van der Waals surface area contributed by atoms with Crippen molar-refractivity contribution in [3.63, 3.8) is 0 Å². The van der Waals surface area contributed by atoms with E-state index in [1.54, 1.807) is 24.3 Å². The quantitative estimate of drug-likeness (QED) is 0.467. The number of benzene rings is 2. The molecule has 0 N–H and O–H groups in total. The van der Waals surface area contributed by atoms with E-state index in [0.29, 0.717) is 28.1 Å². The van der Waals surface area contributed by atoms with Crippen molar-refractivity contribution in [2.24, 2.45) is 5.92 Å². The van der Waals surface area contributed by atoms with Gasteiger partial charge in [0.05, 0.1) is 0 Å². The van der Waals surface area contributed by atoms with Crippen molar-refractivity contribution < 1.29 is 9.59 Å². The molecule has 0 radical (unpaired) electrons. The Hall–Kier alpha value is -1.88. The number of ketones is 1. The SMILES string of the molecule is C[C@@H]1CN(Cc2cccc(CC(=O)c3cccc(Cl)c3)c2Cl)C[C@H](C)N1C(=O)C1CCCC1. The zero-order chi connectivity index (χ0) is 23.5. The normalized spacial score (nSPS) is 22.0. The molecule has 1 aliphatic heterocycles. The maximum Gasteiger partial charge on any atom is 0.226 e. The second-order valence-electron chi connectivity index (χ2n) is 9.62. The first kappa shape index (κ1) is 24.3. The molecular weight excluding hydrogens is 455 g/mol. The maximum atomic E-state index is 13.1. The Labute approximate surface area is 206 Å². The van der Waals surface area contributed by atoms with Crippen LogP contribution in [0.5, 0.6) is 0 Å². The van der Waals surface area contributed by atoms with E-state index in [4.69, 9.17) is 23.2 Å². The zero-order valence-corrected chi connectivity index (χ0v) is 20.9. The van der Waals surface area contributed by atoms with Crippen LogP contribution in [0.1, 0.15) is 61.0 Å². The summed E-state index contributed by atoms with van der Waals surface area (Å²) in [4.78, 5) is 30.3. The average molecular weight is 487 g/mol. The minimum atomic E-state index is -0.00201. The topological polar surface area (TPSA) is 40.6 Å². The second kappa shape index (κ2) is 10.6. The summed E-state index contributed by atoms with van der Waals surface area (Å²) in [5.74, 6) is 0.550. The minimum Gasteiger partial charge on any atom is -0.334 e. The number of carbonyl (C=O) groups excluding carboxylic acids is 2. The molecular formula is C27H32Cl2N2O2. The molecule has 1 heterocycles. The van der Waals surface area contributed by atoms with Crippen molar-refractivity contribution in [1.82, 2.24) is 9.80 Å². The molecule has 1 amide bonds. The van der Waals surface area contributed by atoms with Crippen molar-refractivity contribution in [3.8, 4) is 0 Å². The van der Waals surface area contributed by atoms with Crippen LogP contribution in [0, 0.1) is 5.92 Å². The molecule has 33 heavy (non-hydrogen) atoms. The van der Waals surface area contributed by atoms with Gasteiger partial charge in [0.25, 0.3) is 0 Å². The van der Waals surface area contributed by atoms with Crippen molar-refractivity contribution in [2.75, 3.05) is 13.1 Å². The standard InChI is InChI=1S/C27H32Cl2N2O2/c1-18-15-30(16-19(2)31(18)27(33)20-7-3-4-8-20)17-23-11-5-10-22(26(23)29)14-25(32)21-9-6-12-24(28)13-21/h5-6,9-13,18-20H,3-4,7-8,14-17H2,1-2H3/t18-,19+. The van der Waals surface area contributed by atoms with Gasteiger partial charge in [-0.15, -0.1) is 0 Å². The fourth-order valence-corrected chi connectivity index (χ4v) is 5.89. The summed E-state index contributed by atoms with van der Waals surface area (Å²) in [6.45, 7) is 6.65. The van der Waals surface area contributed by atoms with E-state index in [2.05, 4.69) is 23.6 Å². The van der Waals surface area contributed by atoms with Gasteiger partial charge in [-0.25, -0.2) is 0 Å². The first-order chi connectivity index (χ1) is 15.8. The van der Waals surface area contributed by atoms with Gasteiger partial charge in [-0.1, -0.05) is 66.4 Å². The molecule has 1 saturated carbocycles. The number of hydrogen-bond donors (Lipinski definition) is 0. The van der Waals surface area contributed by atoms with Crippen molar-refractivity contribution in [3.05, 3.63) is 69.2 Å². The molecule has 1 aliphatic carbocycles. The summed E-state index contributed by atoms with van der Waals surface area (Å²) in [5.41, 5.74) is 2.44. The molecule has 0 aromatic heterocycles. The molecule has 4 rings (SSSR count). The lowest BCUT2D eigenvalue weighted by atomic mass is 9.99. The Morgan fingerprint density at radius 1 is 0.939 bits per heavy atom. The summed E-state index contributed by atoms with van der Waals surface area (Å²) in [7, 11) is 0. The highest BCUT2D eigenvalue weighted by atomic mass is 35.5. The summed E-state index contributed by atoms with van der Waals surface area (Å²) in [6.07, 6.45) is 4.66. The van der Waals surface area contributed by atoms with Gasteiger partial charge in [-0.05, 0) is 49.9 Å². The van der Waals surface area contributed by atoms with Crippen LogP contribution in [-0.2, 0) is 17.8 Å². The van der Waals surface area contributed by atoms with Crippen LogP contribution in [0.2, 0.25) is 10.0 Å². The number of carbonyl (C=O) groups is 2. The van der Waals surface area contributed by atoms with E-state index in [1.807, 2.05) is 18.2 Å². The third-order valence-electron chi connectivity index (χ3n) is 7.00. The van der Waals surface area contributed by atoms with Gasteiger partial charge in [0, 0.05) is 59.7 Å². The van der Waals surface area contributed by atoms with E-state index in [1.165, 1.54) is 12.8 Å². The average Bonchev–Trinajstić information content (AvgIpc) is 3.31. The van der Waals surface area contributed by atoms with Gasteiger partial charge in [-0.2, -0.15) is 0 Å². The van der Waals surface area contributed by atoms with Crippen LogP contribution >= 0.6 is 23.2 Å². The highest BCUT2D eigenvalue weighted by Crippen LogP contribution is 2.31. The molecule has 2 aromatic rings. The zero-order valence-electron chi connectivity index (χ0n) is 19.4. The molecule has 0 spiro atoms. The van der Waals surface area contributed by atoms with Crippen LogP contribution in [-0.4, -0.2) is 46.7 Å². The minimum absolute atomic E-state index is 0.00201. The van der Waals surface area contributed by atoms with E-state index in [0.717, 1.165) is 37.1 Å². The molecule has 6 heteroatoms. The smallest absolute Gasteiger partial charge is 0.226 e. The number of rotatable bonds is 6. The summed E-state index contributed by atoms with van der Waals surface area (Å²) < 4.78 is 0. The predicted octanol–water partition coefficient (Wildman–Crippen LogP) is 6.03. The van der Waals surface area contributed by atoms with Gasteiger partial charge in [0.1, 0.15) is 0 Å². The van der Waals surface area contributed by atoms with Crippen LogP contribution in [0.15, 0.2) is 42.5 Å². The Bertz CT molecular complexity index is 1010. The predicted molar refractivity (Wildman–Crippen MR) is 134 cm³/mol. The molecule has 0 unspecified atom stereocenters. The number of nitrogens with zero attached hydrogens (tertiary/aromatic N) is 2. The monoisotopic (exact) mass is 486 g/mol. The van der Waals surface area contributed by atoms with E-state index in [9.17, 15) is 9.59 Å². The van der Waals surface area contributed by atoms with E-state index < -0.39 is 0 Å². The third-order valence-corrected chi connectivity index (χ3v) is 7.72. The molecule has 2 fully saturated rings. The highest BCUT2D eigenvalue weighted by molar-refractivity contribution is 6.32. The summed E-state index contributed by atoms with van der Waals surface area (Å²) in [6, 6.07) is 13.3. The lowest BCUT2D eigenvalue weighted by Crippen LogP contribution is -2.59. The van der Waals surface area contributed by atoms with Crippen molar-refractivity contribution in [1.29, 1.82) is 0 Å². The Balaban J connectivity index is 1.42. The van der Waals surface area contributed by atoms with Crippen LogP contribution in [0.25, 0.3) is 0 Å². The first-order valence-electron chi connectivity index (χ1n) is 11.9. The van der Waals surface area contributed by atoms with Crippen LogP contribution < -0.4 is 0 Å². The van der Waals surface area contributed by atoms with Gasteiger partial charge in [0.15, 0.2) is 5.78 Å². The molecule has 1 saturated heterocycles. The Morgan fingerprint density at radius 3 is 2.24 bits per heavy atom. The van der Waals surface area contributed by atoms with Gasteiger partial charge >= 0.3 is 0 Å².